The van der Waals surface area contributed by atoms with E-state index in [1.807, 2.05) is 18.2 Å². The molecule has 736 valence electrons. The summed E-state index contributed by atoms with van der Waals surface area (Å²) < 4.78 is 74.9. The van der Waals surface area contributed by atoms with Crippen molar-refractivity contribution in [3.8, 4) is 18.2 Å². The molecule has 51 nitrogen and oxygen atoms in total. The highest BCUT2D eigenvalue weighted by molar-refractivity contribution is 8.01. The Morgan fingerprint density at radius 2 is 0.594 bits per heavy atom. The molecule has 35 atom stereocenters. The summed E-state index contributed by atoms with van der Waals surface area (Å²) in [7, 11) is 3.69. The van der Waals surface area contributed by atoms with Gasteiger partial charge in [-0.25, -0.2) is 0 Å². The Morgan fingerprint density at radius 1 is 0.336 bits per heavy atom. The van der Waals surface area contributed by atoms with E-state index in [1.165, 1.54) is 62.7 Å². The number of methoxy groups -OCH3 is 2. The first-order valence-corrected chi connectivity index (χ1v) is 43.6. The summed E-state index contributed by atoms with van der Waals surface area (Å²) in [6.07, 6.45) is -33.5. The zero-order valence-corrected chi connectivity index (χ0v) is 74.6. The molecule has 35 unspecified atom stereocenters. The van der Waals surface area contributed by atoms with Crippen LogP contribution in [0.2, 0.25) is 0 Å². The Labute approximate surface area is 757 Å². The van der Waals surface area contributed by atoms with Crippen molar-refractivity contribution < 1.29 is 202 Å². The zero-order valence-electron chi connectivity index (χ0n) is 70.6. The molecule has 7 rings (SSSR count). The van der Waals surface area contributed by atoms with Gasteiger partial charge >= 0.3 is 17.9 Å². The molecule has 0 aromatic heterocycles. The molecule has 56 heteroatoms. The van der Waals surface area contributed by atoms with Crippen molar-refractivity contribution in [3.05, 3.63) is 0 Å². The van der Waals surface area contributed by atoms with E-state index in [0.717, 1.165) is 72.8 Å². The molecular weight excluding hydrogens is 1820 g/mol. The molecule has 26 N–H and O–H groups in total. The van der Waals surface area contributed by atoms with E-state index in [0.29, 0.717) is 0 Å². The van der Waals surface area contributed by atoms with Gasteiger partial charge < -0.3 is 190 Å². The number of carbonyl (C=O) groups excluding carboxylic acids is 8. The lowest BCUT2D eigenvalue weighted by molar-refractivity contribution is -0.333. The van der Waals surface area contributed by atoms with Gasteiger partial charge in [0.05, 0.1) is 125 Å². The van der Waals surface area contributed by atoms with Crippen LogP contribution in [0.3, 0.4) is 0 Å². The number of nitrogens with one attached hydrogen (secondary N) is 7. The first-order valence-electron chi connectivity index (χ1n) is 38.4. The second-order valence-corrected chi connectivity index (χ2v) is 33.3. The quantitative estimate of drug-likeness (QED) is 0.0133. The lowest BCUT2D eigenvalue weighted by Crippen LogP contribution is -2.66. The van der Waals surface area contributed by atoms with Gasteiger partial charge in [0.15, 0.2) is 36.6 Å². The van der Waals surface area contributed by atoms with E-state index >= 15 is 0 Å². The molecule has 7 heterocycles. The molecule has 7 saturated heterocycles. The maximum atomic E-state index is 11.7. The Morgan fingerprint density at radius 3 is 0.875 bits per heavy atom. The van der Waals surface area contributed by atoms with Gasteiger partial charge in [-0.15, -0.1) is 58.8 Å². The lowest BCUT2D eigenvalue weighted by atomic mass is 9.96. The maximum Gasteiger partial charge on any atom is 0.303 e. The minimum atomic E-state index is -1.72. The van der Waals surface area contributed by atoms with Crippen LogP contribution in [0.1, 0.15) is 62.8 Å². The van der Waals surface area contributed by atoms with E-state index in [9.17, 15) is 120 Å². The molecule has 7 fully saturated rings. The van der Waals surface area contributed by atoms with Gasteiger partial charge in [0.1, 0.15) is 168 Å². The third kappa shape index (κ3) is 37.3. The summed E-state index contributed by atoms with van der Waals surface area (Å²) in [6.45, 7) is 6.12. The SMILES string of the molecule is C.CC(=O)NC1C(SCC#N)OC(CO)C(O)C1O.CC(=O)NC1C(SCC#N)OC(CO)C(OC2OC(CO)C(O)C(O)C2O)C1O.CC(=O)NC1C(SCC#N)OC(COC(C)=O)C(OC(C)=O)C1OC(C)=O.CO.COC(=N)CSC1OC(CO)C(O)C(O)C1NC(C)=O.COC(=N)CSC1OC(CO)C(OC2OC(CO)C(O)C(O)C2O)C(O)C1NC(C)=O. The highest BCUT2D eigenvalue weighted by Gasteiger charge is 2.56. The van der Waals surface area contributed by atoms with Crippen LogP contribution in [-0.2, 0) is 105 Å². The fourth-order valence-electron chi connectivity index (χ4n) is 12.7. The minimum absolute atomic E-state index is 0. The Bertz CT molecular complexity index is 3520. The van der Waals surface area contributed by atoms with Crippen molar-refractivity contribution in [1.29, 1.82) is 26.6 Å². The van der Waals surface area contributed by atoms with Gasteiger partial charge in [-0.3, -0.25) is 49.2 Å². The number of carbonyl (C=O) groups is 8. The van der Waals surface area contributed by atoms with Crippen molar-refractivity contribution in [2.24, 2.45) is 0 Å². The standard InChI is InChI=1S/C17H30N2O11S.C16H26N2O10S.C16H22N2O8S.C11H20N2O6S.C10H16N2O5S.CH4O.CH4/c1-6(22)19-10-12(24)15(8(4-21)29-17(10)31-5-9(18)27-2)30-16-14(26)13(25)11(23)7(3-20)28-16;1-6(21)18-9-11(23)14(8(5-20)27-16(9)29-3-2-17)28-15-13(25)12(24)10(22)7(4-19)26-15;1-8(19)18-13-15(25-11(4)22)14(24-10(3)21)12(7-23-9(2)20)26-16(13)27-6-5-17;1-5(15)13-8-10(17)9(16)6(3-14)19-11(8)20-4-7(12)18-2;1-5(14)12-7-9(16)8(15)6(4-13)17-10(7)18-3-2-11;1-2;/h7-8,10-18,20-21,23-26H,3-5H2,1-2H3,(H,19,22);7-16,19-20,22-25H,3-5H2,1H3,(H,18,21);12-16H,6-7H2,1-4H3,(H,18,19);6,8-12,14,16-17H,3-4H2,1-2H3,(H,13,15);6-10,13,15-16H,3-4H2,1H3,(H,12,14);2H,1H3;1H4. The van der Waals surface area contributed by atoms with Gasteiger partial charge in [-0.2, -0.15) is 15.8 Å². The smallest absolute Gasteiger partial charge is 0.303 e. The molecule has 0 aromatic rings. The number of aliphatic hydroxyl groups excluding tert-OH is 19. The van der Waals surface area contributed by atoms with Crippen molar-refractivity contribution in [2.75, 3.05) is 96.3 Å². The van der Waals surface area contributed by atoms with Crippen molar-refractivity contribution in [3.63, 3.8) is 0 Å². The summed E-state index contributed by atoms with van der Waals surface area (Å²) >= 11 is 5.36. The average molecular weight is 1940 g/mol. The van der Waals surface area contributed by atoms with Crippen LogP contribution in [-0.4, -0.2) is 463 Å². The molecule has 0 spiro atoms. The highest BCUT2D eigenvalue weighted by atomic mass is 32.2. The van der Waals surface area contributed by atoms with Gasteiger partial charge in [0, 0.05) is 62.5 Å². The number of rotatable bonds is 31. The third-order valence-corrected chi connectivity index (χ3v) is 23.9. The van der Waals surface area contributed by atoms with Crippen molar-refractivity contribution >= 4 is 118 Å². The summed E-state index contributed by atoms with van der Waals surface area (Å²) in [5.74, 6) is -3.69. The highest BCUT2D eigenvalue weighted by Crippen LogP contribution is 2.38. The molecule has 128 heavy (non-hydrogen) atoms. The van der Waals surface area contributed by atoms with Crippen LogP contribution in [0.5, 0.6) is 0 Å². The molecule has 0 radical (unpaired) electrons. The van der Waals surface area contributed by atoms with Crippen molar-refractivity contribution in [2.45, 2.75) is 273 Å². The first-order chi connectivity index (χ1) is 59.9. The number of thioether (sulfide) groups is 5. The summed E-state index contributed by atoms with van der Waals surface area (Å²) in [5, 5.41) is 238. The molecule has 0 saturated carbocycles. The summed E-state index contributed by atoms with van der Waals surface area (Å²) in [5.41, 5.74) is -3.93. The maximum absolute atomic E-state index is 11.7. The normalized spacial score (nSPS) is 35.6. The Balaban J connectivity index is 0.000000804. The molecule has 7 aliphatic rings. The molecule has 7 aliphatic heterocycles. The number of nitrogens with zero attached hydrogens (tertiary/aromatic N) is 3. The monoisotopic (exact) mass is 1940 g/mol. The van der Waals surface area contributed by atoms with E-state index in [4.69, 9.17) is 108 Å². The summed E-state index contributed by atoms with van der Waals surface area (Å²) in [6, 6.07) is 1.19. The van der Waals surface area contributed by atoms with Crippen LogP contribution in [0.15, 0.2) is 0 Å². The Hall–Kier alpha value is -6.20. The number of ether oxygens (including phenoxy) is 14. The van der Waals surface area contributed by atoms with E-state index in [2.05, 4.69) is 26.6 Å². The number of aliphatic hydroxyl groups is 19. The van der Waals surface area contributed by atoms with Crippen molar-refractivity contribution in [1.82, 2.24) is 26.6 Å². The van der Waals surface area contributed by atoms with Gasteiger partial charge in [-0.05, 0) is 0 Å². The molecule has 0 aromatic carbocycles. The lowest BCUT2D eigenvalue weighted by Gasteiger charge is -2.47. The summed E-state index contributed by atoms with van der Waals surface area (Å²) in [4.78, 5) is 91.4. The predicted molar refractivity (Wildman–Crippen MR) is 444 cm³/mol. The van der Waals surface area contributed by atoms with E-state index in [1.54, 1.807) is 0 Å². The van der Waals surface area contributed by atoms with E-state index in [-0.39, 0.29) is 66.4 Å². The zero-order chi connectivity index (χ0) is 96.6. The predicted octanol–water partition coefficient (Wildman–Crippen LogP) is -11.3. The topological polar surface area (TPSA) is 829 Å². The Kier molecular flexibility index (Phi) is 57.6. The van der Waals surface area contributed by atoms with Gasteiger partial charge in [-0.1, -0.05) is 7.43 Å². The second kappa shape index (κ2) is 61.6. The first kappa shape index (κ1) is 120. The van der Waals surface area contributed by atoms with Gasteiger partial charge in [0.2, 0.25) is 29.5 Å². The largest absolute Gasteiger partial charge is 0.484 e. The van der Waals surface area contributed by atoms with E-state index < -0.39 is 286 Å². The minimum Gasteiger partial charge on any atom is -0.484 e. The second-order valence-electron chi connectivity index (χ2n) is 27.9. The van der Waals surface area contributed by atoms with Crippen LogP contribution in [0.25, 0.3) is 0 Å². The fraction of sp³-hybridized carbons (Fsp3) is 0.819. The number of hydrogen-bond donors (Lipinski definition) is 26. The van der Waals surface area contributed by atoms with Crippen LogP contribution >= 0.6 is 58.8 Å². The number of esters is 3. The third-order valence-electron chi connectivity index (χ3n) is 18.5. The van der Waals surface area contributed by atoms with Crippen LogP contribution in [0.4, 0.5) is 0 Å². The fourth-order valence-corrected chi connectivity index (χ4v) is 17.5. The van der Waals surface area contributed by atoms with Crippen LogP contribution in [0, 0.1) is 44.8 Å². The average Bonchev–Trinajstić information content (AvgIpc) is 0.775. The van der Waals surface area contributed by atoms with Gasteiger partial charge in [0.25, 0.3) is 0 Å². The number of nitriles is 3. The van der Waals surface area contributed by atoms with Crippen LogP contribution < -0.4 is 26.6 Å². The number of amides is 5. The number of hydrogen-bond acceptors (Lipinski definition) is 51. The molecular formula is C72H122N10O41S5. The molecule has 0 aliphatic carbocycles. The molecule has 5 amide bonds. The molecule has 0 bridgehead atoms.